The SMILES string of the molecule is O=C(NCc1ccccc1[N+](=O)[O-])c1ccc(N2CCNC2=O)cc1. The number of carbonyl (C=O) groups excluding carboxylic acids is 2. The van der Waals surface area contributed by atoms with Gasteiger partial charge in [0.2, 0.25) is 0 Å². The minimum Gasteiger partial charge on any atom is -0.348 e. The first-order valence-electron chi connectivity index (χ1n) is 7.72. The van der Waals surface area contributed by atoms with E-state index in [9.17, 15) is 19.7 Å². The number of rotatable bonds is 5. The van der Waals surface area contributed by atoms with Gasteiger partial charge in [-0.15, -0.1) is 0 Å². The number of hydrogen-bond donors (Lipinski definition) is 2. The summed E-state index contributed by atoms with van der Waals surface area (Å²) in [4.78, 5) is 35.9. The van der Waals surface area contributed by atoms with Crippen molar-refractivity contribution in [3.63, 3.8) is 0 Å². The number of nitrogens with one attached hydrogen (secondary N) is 2. The number of nitrogens with zero attached hydrogens (tertiary/aromatic N) is 2. The summed E-state index contributed by atoms with van der Waals surface area (Å²) in [5.41, 5.74) is 1.54. The Labute approximate surface area is 143 Å². The molecule has 1 aliphatic rings. The van der Waals surface area contributed by atoms with E-state index in [4.69, 9.17) is 0 Å². The third-order valence-electron chi connectivity index (χ3n) is 3.93. The largest absolute Gasteiger partial charge is 0.348 e. The number of amides is 3. The summed E-state index contributed by atoms with van der Waals surface area (Å²) >= 11 is 0. The van der Waals surface area contributed by atoms with Crippen LogP contribution in [-0.2, 0) is 6.54 Å². The smallest absolute Gasteiger partial charge is 0.321 e. The quantitative estimate of drug-likeness (QED) is 0.642. The van der Waals surface area contributed by atoms with Crippen molar-refractivity contribution in [1.82, 2.24) is 10.6 Å². The molecule has 0 spiro atoms. The summed E-state index contributed by atoms with van der Waals surface area (Å²) in [6.45, 7) is 1.24. The van der Waals surface area contributed by atoms with Crippen molar-refractivity contribution < 1.29 is 14.5 Å². The van der Waals surface area contributed by atoms with Gasteiger partial charge in [0, 0.05) is 42.5 Å². The highest BCUT2D eigenvalue weighted by atomic mass is 16.6. The number of para-hydroxylation sites is 1. The van der Waals surface area contributed by atoms with Crippen molar-refractivity contribution in [1.29, 1.82) is 0 Å². The van der Waals surface area contributed by atoms with Gasteiger partial charge in [-0.3, -0.25) is 19.8 Å². The van der Waals surface area contributed by atoms with E-state index in [2.05, 4.69) is 10.6 Å². The molecule has 1 heterocycles. The van der Waals surface area contributed by atoms with E-state index >= 15 is 0 Å². The highest BCUT2D eigenvalue weighted by Crippen LogP contribution is 2.19. The third-order valence-corrected chi connectivity index (χ3v) is 3.93. The average molecular weight is 340 g/mol. The summed E-state index contributed by atoms with van der Waals surface area (Å²) in [5, 5.41) is 16.4. The number of nitro benzene ring substituents is 1. The van der Waals surface area contributed by atoms with Crippen molar-refractivity contribution in [3.8, 4) is 0 Å². The molecule has 2 aromatic rings. The zero-order valence-electron chi connectivity index (χ0n) is 13.3. The van der Waals surface area contributed by atoms with Crippen LogP contribution in [0.3, 0.4) is 0 Å². The zero-order valence-corrected chi connectivity index (χ0v) is 13.3. The summed E-state index contributed by atoms with van der Waals surface area (Å²) < 4.78 is 0. The van der Waals surface area contributed by atoms with E-state index in [1.807, 2.05) is 0 Å². The normalized spacial score (nSPS) is 13.4. The molecule has 1 aliphatic heterocycles. The fraction of sp³-hybridized carbons (Fsp3) is 0.176. The van der Waals surface area contributed by atoms with Crippen LogP contribution in [0.1, 0.15) is 15.9 Å². The number of carbonyl (C=O) groups is 2. The van der Waals surface area contributed by atoms with E-state index in [1.165, 1.54) is 6.07 Å². The summed E-state index contributed by atoms with van der Waals surface area (Å²) in [5.74, 6) is -0.337. The van der Waals surface area contributed by atoms with Crippen LogP contribution in [0.15, 0.2) is 48.5 Å². The van der Waals surface area contributed by atoms with E-state index in [-0.39, 0.29) is 24.2 Å². The van der Waals surface area contributed by atoms with Gasteiger partial charge < -0.3 is 10.6 Å². The second-order valence-corrected chi connectivity index (χ2v) is 5.50. The van der Waals surface area contributed by atoms with Crippen LogP contribution in [0.2, 0.25) is 0 Å². The minimum atomic E-state index is -0.475. The molecule has 0 aliphatic carbocycles. The fourth-order valence-electron chi connectivity index (χ4n) is 2.63. The molecule has 8 heteroatoms. The van der Waals surface area contributed by atoms with Gasteiger partial charge in [0.25, 0.3) is 11.6 Å². The molecule has 25 heavy (non-hydrogen) atoms. The van der Waals surface area contributed by atoms with Gasteiger partial charge in [0.1, 0.15) is 0 Å². The third kappa shape index (κ3) is 3.57. The predicted molar refractivity (Wildman–Crippen MR) is 91.5 cm³/mol. The fourth-order valence-corrected chi connectivity index (χ4v) is 2.63. The molecule has 1 saturated heterocycles. The van der Waals surface area contributed by atoms with Gasteiger partial charge in [-0.2, -0.15) is 0 Å². The molecule has 8 nitrogen and oxygen atoms in total. The van der Waals surface area contributed by atoms with E-state index in [0.717, 1.165) is 0 Å². The van der Waals surface area contributed by atoms with Crippen LogP contribution >= 0.6 is 0 Å². The maximum absolute atomic E-state index is 12.2. The van der Waals surface area contributed by atoms with Crippen molar-refractivity contribution in [3.05, 3.63) is 69.8 Å². The number of hydrogen-bond acceptors (Lipinski definition) is 4. The maximum atomic E-state index is 12.2. The second-order valence-electron chi connectivity index (χ2n) is 5.50. The van der Waals surface area contributed by atoms with Crippen LogP contribution < -0.4 is 15.5 Å². The van der Waals surface area contributed by atoms with Crippen molar-refractivity contribution in [2.75, 3.05) is 18.0 Å². The molecule has 0 unspecified atom stereocenters. The van der Waals surface area contributed by atoms with Gasteiger partial charge in [0.05, 0.1) is 4.92 Å². The van der Waals surface area contributed by atoms with Crippen LogP contribution in [0, 0.1) is 10.1 Å². The molecule has 2 aromatic carbocycles. The summed E-state index contributed by atoms with van der Waals surface area (Å²) in [6, 6.07) is 12.8. The van der Waals surface area contributed by atoms with E-state index in [0.29, 0.717) is 29.9 Å². The standard InChI is InChI=1S/C17H16N4O4/c22-16(19-11-13-3-1-2-4-15(13)21(24)25)12-5-7-14(8-6-12)20-10-9-18-17(20)23/h1-8H,9-11H2,(H,18,23)(H,19,22). The molecule has 1 fully saturated rings. The van der Waals surface area contributed by atoms with Crippen LogP contribution in [0.4, 0.5) is 16.2 Å². The number of nitro groups is 1. The minimum absolute atomic E-state index is 0.0295. The Bertz CT molecular complexity index is 820. The Morgan fingerprint density at radius 1 is 1.20 bits per heavy atom. The Morgan fingerprint density at radius 2 is 1.92 bits per heavy atom. The molecule has 3 rings (SSSR count). The molecular weight excluding hydrogens is 324 g/mol. The summed E-state index contributed by atoms with van der Waals surface area (Å²) in [6.07, 6.45) is 0. The first-order valence-corrected chi connectivity index (χ1v) is 7.72. The molecule has 0 bridgehead atoms. The maximum Gasteiger partial charge on any atom is 0.321 e. The Kier molecular flexibility index (Phi) is 4.60. The zero-order chi connectivity index (χ0) is 17.8. The van der Waals surface area contributed by atoms with Gasteiger partial charge >= 0.3 is 6.03 Å². The lowest BCUT2D eigenvalue weighted by atomic mass is 10.1. The monoisotopic (exact) mass is 340 g/mol. The highest BCUT2D eigenvalue weighted by Gasteiger charge is 2.21. The van der Waals surface area contributed by atoms with Gasteiger partial charge in [0.15, 0.2) is 0 Å². The van der Waals surface area contributed by atoms with Crippen molar-refractivity contribution >= 4 is 23.3 Å². The lowest BCUT2D eigenvalue weighted by Gasteiger charge is -2.14. The summed E-state index contributed by atoms with van der Waals surface area (Å²) in [7, 11) is 0. The molecule has 3 amide bonds. The molecular formula is C17H16N4O4. The predicted octanol–water partition coefficient (Wildman–Crippen LogP) is 2.05. The first kappa shape index (κ1) is 16.4. The topological polar surface area (TPSA) is 105 Å². The molecule has 128 valence electrons. The number of benzene rings is 2. The van der Waals surface area contributed by atoms with Crippen molar-refractivity contribution in [2.45, 2.75) is 6.54 Å². The van der Waals surface area contributed by atoms with E-state index in [1.54, 1.807) is 47.4 Å². The van der Waals surface area contributed by atoms with Crippen LogP contribution in [0.25, 0.3) is 0 Å². The lowest BCUT2D eigenvalue weighted by Crippen LogP contribution is -2.28. The second kappa shape index (κ2) is 7.00. The van der Waals surface area contributed by atoms with E-state index < -0.39 is 4.92 Å². The average Bonchev–Trinajstić information content (AvgIpc) is 3.06. The van der Waals surface area contributed by atoms with Gasteiger partial charge in [-0.1, -0.05) is 18.2 Å². The van der Waals surface area contributed by atoms with Crippen LogP contribution in [0.5, 0.6) is 0 Å². The Hall–Kier alpha value is -3.42. The van der Waals surface area contributed by atoms with Gasteiger partial charge in [-0.25, -0.2) is 4.79 Å². The molecule has 0 radical (unpaired) electrons. The Balaban J connectivity index is 1.66. The molecule has 2 N–H and O–H groups in total. The molecule has 0 atom stereocenters. The highest BCUT2D eigenvalue weighted by molar-refractivity contribution is 5.97. The van der Waals surface area contributed by atoms with Crippen LogP contribution in [-0.4, -0.2) is 30.0 Å². The van der Waals surface area contributed by atoms with Crippen molar-refractivity contribution in [2.24, 2.45) is 0 Å². The molecule has 0 saturated carbocycles. The number of anilines is 1. The first-order chi connectivity index (χ1) is 12.1. The molecule has 0 aromatic heterocycles. The van der Waals surface area contributed by atoms with Gasteiger partial charge in [-0.05, 0) is 24.3 Å². The lowest BCUT2D eigenvalue weighted by molar-refractivity contribution is -0.385. The Morgan fingerprint density at radius 3 is 2.56 bits per heavy atom. The number of urea groups is 1.